The first-order valence-electron chi connectivity index (χ1n) is 7.73. The fourth-order valence-electron chi connectivity index (χ4n) is 2.51. The van der Waals surface area contributed by atoms with E-state index in [0.29, 0.717) is 23.7 Å². The van der Waals surface area contributed by atoms with E-state index in [0.717, 1.165) is 24.2 Å². The van der Waals surface area contributed by atoms with Gasteiger partial charge in [-0.2, -0.15) is 5.10 Å². The molecule has 8 nitrogen and oxygen atoms in total. The lowest BCUT2D eigenvalue weighted by atomic mass is 10.1. The van der Waals surface area contributed by atoms with Crippen molar-refractivity contribution < 1.29 is 14.3 Å². The predicted molar refractivity (Wildman–Crippen MR) is 94.9 cm³/mol. The van der Waals surface area contributed by atoms with Gasteiger partial charge in [0.15, 0.2) is 5.69 Å². The number of aromatic amines is 1. The maximum atomic E-state index is 12.4. The maximum Gasteiger partial charge on any atom is 0.276 e. The molecular weight excluding hydrogens is 346 g/mol. The van der Waals surface area contributed by atoms with E-state index in [4.69, 9.17) is 10.5 Å². The van der Waals surface area contributed by atoms with Gasteiger partial charge in [0.1, 0.15) is 5.75 Å². The van der Waals surface area contributed by atoms with Crippen molar-refractivity contribution in [3.63, 3.8) is 0 Å². The van der Waals surface area contributed by atoms with Crippen LogP contribution in [0, 0.1) is 0 Å². The number of halogens is 1. The first-order chi connectivity index (χ1) is 11.6. The number of ether oxygens (including phenoxy) is 1. The lowest BCUT2D eigenvalue weighted by Crippen LogP contribution is -2.25. The van der Waals surface area contributed by atoms with Gasteiger partial charge in [-0.05, 0) is 24.3 Å². The second-order valence-electron chi connectivity index (χ2n) is 5.50. The number of primary amides is 1. The van der Waals surface area contributed by atoms with Crippen LogP contribution in [-0.4, -0.2) is 35.2 Å². The van der Waals surface area contributed by atoms with Crippen molar-refractivity contribution in [3.8, 4) is 5.75 Å². The van der Waals surface area contributed by atoms with Crippen LogP contribution in [0.1, 0.15) is 28.2 Å². The number of hydrogen-bond donors (Lipinski definition) is 4. The number of H-pyrrole nitrogens is 1. The number of hydrogen-bond acceptors (Lipinski definition) is 5. The van der Waals surface area contributed by atoms with E-state index in [2.05, 4.69) is 20.8 Å². The summed E-state index contributed by atoms with van der Waals surface area (Å²) in [5.74, 6) is -0.0510. The molecule has 1 aromatic carbocycles. The Morgan fingerprint density at radius 3 is 2.76 bits per heavy atom. The molecule has 0 saturated heterocycles. The molecule has 0 atom stereocenters. The molecule has 0 radical (unpaired) electrons. The summed E-state index contributed by atoms with van der Waals surface area (Å²) in [7, 11) is 0. The lowest BCUT2D eigenvalue weighted by molar-refractivity contribution is -0.118. The van der Waals surface area contributed by atoms with Crippen LogP contribution in [0.15, 0.2) is 24.3 Å². The average Bonchev–Trinajstić information content (AvgIpc) is 3.00. The molecule has 0 unspecified atom stereocenters. The first kappa shape index (κ1) is 18.8. The predicted octanol–water partition coefficient (Wildman–Crippen LogP) is 0.984. The molecule has 2 heterocycles. The average molecular weight is 366 g/mol. The molecule has 25 heavy (non-hydrogen) atoms. The highest BCUT2D eigenvalue weighted by Crippen LogP contribution is 2.19. The van der Waals surface area contributed by atoms with Crippen molar-refractivity contribution in [1.29, 1.82) is 0 Å². The number of aromatic nitrogens is 2. The highest BCUT2D eigenvalue weighted by Gasteiger charge is 2.21. The van der Waals surface area contributed by atoms with Gasteiger partial charge in [0.05, 0.1) is 13.0 Å². The van der Waals surface area contributed by atoms with E-state index in [1.54, 1.807) is 24.3 Å². The summed E-state index contributed by atoms with van der Waals surface area (Å²) in [6, 6.07) is 6.90. The number of carbonyl (C=O) groups excluding carboxylic acids is 2. The Labute approximate surface area is 150 Å². The van der Waals surface area contributed by atoms with E-state index in [-0.39, 0.29) is 31.3 Å². The van der Waals surface area contributed by atoms with E-state index < -0.39 is 5.91 Å². The van der Waals surface area contributed by atoms with Crippen molar-refractivity contribution in [2.24, 2.45) is 5.73 Å². The number of nitrogens with two attached hydrogens (primary N) is 1. The topological polar surface area (TPSA) is 122 Å². The van der Waals surface area contributed by atoms with Gasteiger partial charge in [-0.15, -0.1) is 12.4 Å². The Morgan fingerprint density at radius 1 is 1.28 bits per heavy atom. The van der Waals surface area contributed by atoms with Crippen molar-refractivity contribution in [2.75, 3.05) is 18.5 Å². The molecule has 134 valence electrons. The Kier molecular flexibility index (Phi) is 6.37. The molecule has 1 aromatic heterocycles. The minimum atomic E-state index is -0.407. The molecule has 2 amide bonds. The normalized spacial score (nSPS) is 12.6. The zero-order valence-corrected chi connectivity index (χ0v) is 14.3. The number of benzene rings is 1. The van der Waals surface area contributed by atoms with Crippen molar-refractivity contribution in [1.82, 2.24) is 15.5 Å². The smallest absolute Gasteiger partial charge is 0.276 e. The summed E-state index contributed by atoms with van der Waals surface area (Å²) in [6.45, 7) is 1.75. The Hall–Kier alpha value is -2.58. The van der Waals surface area contributed by atoms with Crippen LogP contribution >= 0.6 is 12.4 Å². The molecule has 5 N–H and O–H groups in total. The number of anilines is 1. The Bertz CT molecular complexity index is 745. The second kappa shape index (κ2) is 8.50. The number of rotatable bonds is 6. The summed E-state index contributed by atoms with van der Waals surface area (Å²) >= 11 is 0. The third kappa shape index (κ3) is 4.71. The first-order valence-corrected chi connectivity index (χ1v) is 7.73. The molecule has 0 saturated carbocycles. The van der Waals surface area contributed by atoms with Crippen molar-refractivity contribution in [3.05, 3.63) is 41.2 Å². The number of nitrogens with zero attached hydrogens (tertiary/aromatic N) is 1. The molecule has 0 bridgehead atoms. The van der Waals surface area contributed by atoms with Gasteiger partial charge >= 0.3 is 0 Å². The lowest BCUT2D eigenvalue weighted by Gasteiger charge is -2.13. The monoisotopic (exact) mass is 365 g/mol. The van der Waals surface area contributed by atoms with Gasteiger partial charge < -0.3 is 21.1 Å². The van der Waals surface area contributed by atoms with E-state index >= 15 is 0 Å². The molecule has 9 heteroatoms. The number of fused-ring (bicyclic) bond motifs is 1. The summed E-state index contributed by atoms with van der Waals surface area (Å²) in [6.07, 6.45) is 1.00. The van der Waals surface area contributed by atoms with Gasteiger partial charge in [0.25, 0.3) is 5.91 Å². The molecule has 0 fully saturated rings. The van der Waals surface area contributed by atoms with E-state index in [1.807, 2.05) is 0 Å². The van der Waals surface area contributed by atoms with Crippen LogP contribution in [0.2, 0.25) is 0 Å². The summed E-state index contributed by atoms with van der Waals surface area (Å²) in [5, 5.41) is 13.1. The van der Waals surface area contributed by atoms with Crippen LogP contribution in [0.5, 0.6) is 5.75 Å². The van der Waals surface area contributed by atoms with Gasteiger partial charge in [-0.25, -0.2) is 0 Å². The van der Waals surface area contributed by atoms with Gasteiger partial charge in [-0.1, -0.05) is 0 Å². The molecule has 1 aliphatic rings. The van der Waals surface area contributed by atoms with Crippen LogP contribution in [0.25, 0.3) is 0 Å². The van der Waals surface area contributed by atoms with Gasteiger partial charge in [0.2, 0.25) is 5.91 Å². The fourth-order valence-corrected chi connectivity index (χ4v) is 2.51. The largest absolute Gasteiger partial charge is 0.493 e. The molecule has 2 aromatic rings. The van der Waals surface area contributed by atoms with Crippen molar-refractivity contribution in [2.45, 2.75) is 19.4 Å². The van der Waals surface area contributed by atoms with Crippen LogP contribution < -0.4 is 21.1 Å². The zero-order valence-electron chi connectivity index (χ0n) is 13.5. The fraction of sp³-hybridized carbons (Fsp3) is 0.312. The molecular formula is C16H20ClN5O3. The molecule has 0 aliphatic carbocycles. The number of amides is 2. The highest BCUT2D eigenvalue weighted by molar-refractivity contribution is 6.04. The van der Waals surface area contributed by atoms with Crippen LogP contribution in [0.3, 0.4) is 0 Å². The quantitative estimate of drug-likeness (QED) is 0.608. The summed E-state index contributed by atoms with van der Waals surface area (Å²) < 4.78 is 5.38. The van der Waals surface area contributed by atoms with E-state index in [1.165, 1.54) is 0 Å². The Morgan fingerprint density at radius 2 is 2.04 bits per heavy atom. The van der Waals surface area contributed by atoms with Gasteiger partial charge in [0, 0.05) is 36.5 Å². The highest BCUT2D eigenvalue weighted by atomic mass is 35.5. The molecule has 3 rings (SSSR count). The second-order valence-corrected chi connectivity index (χ2v) is 5.50. The van der Waals surface area contributed by atoms with Crippen LogP contribution in [0.4, 0.5) is 5.69 Å². The standard InChI is InChI=1S/C16H19N5O3.ClH/c17-14(22)6-8-24-11-3-1-10(2-4-11)19-16(23)15-12-9-18-7-5-13(12)20-21-15;/h1-4,18H,5-9H2,(H2,17,22)(H,19,23)(H,20,21);1H. The molecule has 1 aliphatic heterocycles. The third-order valence-electron chi connectivity index (χ3n) is 3.75. The van der Waals surface area contributed by atoms with Gasteiger partial charge in [-0.3, -0.25) is 14.7 Å². The summed E-state index contributed by atoms with van der Waals surface area (Å²) in [5.41, 5.74) is 8.04. The minimum absolute atomic E-state index is 0. The summed E-state index contributed by atoms with van der Waals surface area (Å²) in [4.78, 5) is 23.0. The van der Waals surface area contributed by atoms with Crippen molar-refractivity contribution >= 4 is 29.9 Å². The zero-order chi connectivity index (χ0) is 16.9. The number of carbonyl (C=O) groups is 2. The Balaban J connectivity index is 0.00000225. The molecule has 0 spiro atoms. The SMILES string of the molecule is Cl.NC(=O)CCOc1ccc(NC(=O)c2n[nH]c3c2CNCC3)cc1. The minimum Gasteiger partial charge on any atom is -0.493 e. The number of nitrogens with one attached hydrogen (secondary N) is 3. The van der Waals surface area contributed by atoms with Crippen LogP contribution in [-0.2, 0) is 17.8 Å². The third-order valence-corrected chi connectivity index (χ3v) is 3.75. The maximum absolute atomic E-state index is 12.4. The van der Waals surface area contributed by atoms with E-state index in [9.17, 15) is 9.59 Å².